The van der Waals surface area contributed by atoms with Crippen molar-refractivity contribution >= 4 is 5.97 Å². The van der Waals surface area contributed by atoms with Crippen LogP contribution in [0.1, 0.15) is 44.3 Å². The first-order valence-electron chi connectivity index (χ1n) is 5.95. The molecule has 5 heteroatoms. The normalized spacial score (nSPS) is 12.4. The quantitative estimate of drug-likeness (QED) is 0.580. The number of ether oxygens (including phenoxy) is 1. The Balaban J connectivity index is 2.23. The van der Waals surface area contributed by atoms with Crippen LogP contribution in [0.25, 0.3) is 0 Å². The maximum atomic E-state index is 11.3. The van der Waals surface area contributed by atoms with E-state index in [1.54, 1.807) is 24.1 Å². The second kappa shape index (κ2) is 7.06. The van der Waals surface area contributed by atoms with Crippen LogP contribution in [0.3, 0.4) is 0 Å². The molecule has 0 fully saturated rings. The second-order valence-electron chi connectivity index (χ2n) is 4.08. The van der Waals surface area contributed by atoms with Gasteiger partial charge in [-0.3, -0.25) is 9.48 Å². The molecule has 1 aromatic heterocycles. The molecule has 17 heavy (non-hydrogen) atoms. The lowest BCUT2D eigenvalue weighted by atomic mass is 10.1. The van der Waals surface area contributed by atoms with Crippen LogP contribution in [0, 0.1) is 0 Å². The van der Waals surface area contributed by atoms with Crippen LogP contribution < -0.4 is 0 Å². The van der Waals surface area contributed by atoms with Gasteiger partial charge in [-0.1, -0.05) is 13.3 Å². The number of nitrogens with zero attached hydrogens (tertiary/aromatic N) is 2. The van der Waals surface area contributed by atoms with E-state index in [0.717, 1.165) is 18.4 Å². The molecular formula is C12H20N2O3. The van der Waals surface area contributed by atoms with E-state index in [2.05, 4.69) is 5.10 Å². The van der Waals surface area contributed by atoms with E-state index < -0.39 is 6.10 Å². The third-order valence-electron chi connectivity index (χ3n) is 2.49. The molecule has 0 saturated carbocycles. The van der Waals surface area contributed by atoms with Crippen LogP contribution in [0.2, 0.25) is 0 Å². The largest absolute Gasteiger partial charge is 0.466 e. The first-order chi connectivity index (χ1) is 8.13. The van der Waals surface area contributed by atoms with Gasteiger partial charge in [0.15, 0.2) is 0 Å². The monoisotopic (exact) mass is 240 g/mol. The van der Waals surface area contributed by atoms with Gasteiger partial charge in [-0.15, -0.1) is 0 Å². The van der Waals surface area contributed by atoms with Crippen molar-refractivity contribution in [1.29, 1.82) is 0 Å². The number of rotatable bonds is 7. The highest BCUT2D eigenvalue weighted by Crippen LogP contribution is 2.17. The lowest BCUT2D eigenvalue weighted by molar-refractivity contribution is -0.144. The third kappa shape index (κ3) is 4.99. The summed E-state index contributed by atoms with van der Waals surface area (Å²) < 4.78 is 6.63. The minimum Gasteiger partial charge on any atom is -0.466 e. The molecule has 1 N–H and O–H groups in total. The van der Waals surface area contributed by atoms with Crippen LogP contribution in [0.5, 0.6) is 0 Å². The van der Waals surface area contributed by atoms with Gasteiger partial charge in [0.1, 0.15) is 0 Å². The van der Waals surface area contributed by atoms with Crippen LogP contribution in [0.4, 0.5) is 0 Å². The number of hydrogen-bond donors (Lipinski definition) is 1. The smallest absolute Gasteiger partial charge is 0.305 e. The van der Waals surface area contributed by atoms with Crippen LogP contribution in [-0.4, -0.2) is 27.5 Å². The molecule has 0 aromatic carbocycles. The molecule has 0 saturated heterocycles. The average Bonchev–Trinajstić information content (AvgIpc) is 2.73. The second-order valence-corrected chi connectivity index (χ2v) is 4.08. The van der Waals surface area contributed by atoms with Crippen molar-refractivity contribution in [2.45, 2.75) is 38.7 Å². The van der Waals surface area contributed by atoms with E-state index >= 15 is 0 Å². The molecule has 0 aliphatic heterocycles. The average molecular weight is 240 g/mol. The fourth-order valence-electron chi connectivity index (χ4n) is 1.44. The van der Waals surface area contributed by atoms with Crippen LogP contribution in [-0.2, 0) is 16.6 Å². The zero-order valence-corrected chi connectivity index (χ0v) is 10.4. The molecule has 0 spiro atoms. The van der Waals surface area contributed by atoms with Gasteiger partial charge >= 0.3 is 5.97 Å². The summed E-state index contributed by atoms with van der Waals surface area (Å²) in [5, 5.41) is 13.8. The first-order valence-corrected chi connectivity index (χ1v) is 5.95. The standard InChI is InChI=1S/C12H20N2O3/c1-3-4-7-17-12(16)6-5-11(15)10-8-13-14(2)9-10/h8-9,11,15H,3-7H2,1-2H3. The maximum absolute atomic E-state index is 11.3. The van der Waals surface area contributed by atoms with Gasteiger partial charge in [-0.25, -0.2) is 0 Å². The van der Waals surface area contributed by atoms with Crippen molar-refractivity contribution in [2.75, 3.05) is 6.61 Å². The highest BCUT2D eigenvalue weighted by molar-refractivity contribution is 5.69. The minimum absolute atomic E-state index is 0.236. The molecule has 96 valence electrons. The summed E-state index contributed by atoms with van der Waals surface area (Å²) in [6.45, 7) is 2.51. The Kier molecular flexibility index (Phi) is 5.69. The highest BCUT2D eigenvalue weighted by Gasteiger charge is 2.12. The van der Waals surface area contributed by atoms with E-state index in [1.807, 2.05) is 6.92 Å². The molecule has 1 heterocycles. The summed E-state index contributed by atoms with van der Waals surface area (Å²) in [4.78, 5) is 11.3. The topological polar surface area (TPSA) is 64.3 Å². The molecule has 0 aliphatic carbocycles. The molecule has 0 bridgehead atoms. The zero-order chi connectivity index (χ0) is 12.7. The summed E-state index contributed by atoms with van der Waals surface area (Å²) in [5.74, 6) is -0.249. The minimum atomic E-state index is -0.651. The molecule has 1 aromatic rings. The number of unbranched alkanes of at least 4 members (excludes halogenated alkanes) is 1. The van der Waals surface area contributed by atoms with Gasteiger partial charge in [0, 0.05) is 25.2 Å². The molecule has 5 nitrogen and oxygen atoms in total. The number of aliphatic hydroxyl groups excluding tert-OH is 1. The number of hydrogen-bond acceptors (Lipinski definition) is 4. The molecule has 1 unspecified atom stereocenters. The molecule has 0 aliphatic rings. The van der Waals surface area contributed by atoms with E-state index in [0.29, 0.717) is 13.0 Å². The summed E-state index contributed by atoms with van der Waals surface area (Å²) in [6.07, 6.45) is 5.20. The Morgan fingerprint density at radius 1 is 1.65 bits per heavy atom. The molecule has 0 radical (unpaired) electrons. The highest BCUT2D eigenvalue weighted by atomic mass is 16.5. The predicted molar refractivity (Wildman–Crippen MR) is 63.3 cm³/mol. The predicted octanol–water partition coefficient (Wildman–Crippen LogP) is 1.58. The number of aromatic nitrogens is 2. The number of aliphatic hydroxyl groups is 1. The third-order valence-corrected chi connectivity index (χ3v) is 2.49. The Labute approximate surface area is 101 Å². The van der Waals surface area contributed by atoms with E-state index in [-0.39, 0.29) is 12.4 Å². The zero-order valence-electron chi connectivity index (χ0n) is 10.4. The SMILES string of the molecule is CCCCOC(=O)CCC(O)c1cnn(C)c1. The van der Waals surface area contributed by atoms with Crippen LogP contribution >= 0.6 is 0 Å². The Morgan fingerprint density at radius 2 is 2.41 bits per heavy atom. The maximum Gasteiger partial charge on any atom is 0.305 e. The van der Waals surface area contributed by atoms with Crippen molar-refractivity contribution in [3.8, 4) is 0 Å². The van der Waals surface area contributed by atoms with E-state index in [1.165, 1.54) is 0 Å². The van der Waals surface area contributed by atoms with E-state index in [4.69, 9.17) is 4.74 Å². The summed E-state index contributed by atoms with van der Waals surface area (Å²) >= 11 is 0. The molecule has 1 rings (SSSR count). The molecule has 1 atom stereocenters. The first kappa shape index (κ1) is 13.7. The number of carbonyl (C=O) groups excluding carboxylic acids is 1. The fraction of sp³-hybridized carbons (Fsp3) is 0.667. The van der Waals surface area contributed by atoms with Crippen LogP contribution in [0.15, 0.2) is 12.4 Å². The number of aryl methyl sites for hydroxylation is 1. The van der Waals surface area contributed by atoms with Gasteiger partial charge in [0.05, 0.1) is 18.9 Å². The lowest BCUT2D eigenvalue weighted by Crippen LogP contribution is -2.08. The van der Waals surface area contributed by atoms with Gasteiger partial charge in [0.2, 0.25) is 0 Å². The fourth-order valence-corrected chi connectivity index (χ4v) is 1.44. The van der Waals surface area contributed by atoms with E-state index in [9.17, 15) is 9.90 Å². The van der Waals surface area contributed by atoms with Crippen molar-refractivity contribution in [2.24, 2.45) is 7.05 Å². The van der Waals surface area contributed by atoms with Crippen molar-refractivity contribution in [1.82, 2.24) is 9.78 Å². The molecule has 0 amide bonds. The Bertz CT molecular complexity index is 349. The number of esters is 1. The summed E-state index contributed by atoms with van der Waals surface area (Å²) in [5.41, 5.74) is 0.730. The Morgan fingerprint density at radius 3 is 3.00 bits per heavy atom. The van der Waals surface area contributed by atoms with Crippen molar-refractivity contribution < 1.29 is 14.6 Å². The van der Waals surface area contributed by atoms with Gasteiger partial charge in [-0.2, -0.15) is 5.10 Å². The molecular weight excluding hydrogens is 220 g/mol. The lowest BCUT2D eigenvalue weighted by Gasteiger charge is -2.08. The van der Waals surface area contributed by atoms with Gasteiger partial charge < -0.3 is 9.84 Å². The number of carbonyl (C=O) groups is 1. The van der Waals surface area contributed by atoms with Gasteiger partial charge in [0.25, 0.3) is 0 Å². The summed E-state index contributed by atoms with van der Waals surface area (Å²) in [7, 11) is 1.79. The Hall–Kier alpha value is -1.36. The van der Waals surface area contributed by atoms with Crippen molar-refractivity contribution in [3.63, 3.8) is 0 Å². The van der Waals surface area contributed by atoms with Gasteiger partial charge in [-0.05, 0) is 12.8 Å². The van der Waals surface area contributed by atoms with Crippen molar-refractivity contribution in [3.05, 3.63) is 18.0 Å². The summed E-state index contributed by atoms with van der Waals surface area (Å²) in [6, 6.07) is 0.